The van der Waals surface area contributed by atoms with E-state index in [2.05, 4.69) is 15.6 Å². The van der Waals surface area contributed by atoms with Gasteiger partial charge in [-0.05, 0) is 61.5 Å². The van der Waals surface area contributed by atoms with Crippen LogP contribution >= 0.6 is 35.6 Å². The maximum Gasteiger partial charge on any atom is 0.171 e. The van der Waals surface area contributed by atoms with E-state index in [1.165, 1.54) is 38.5 Å². The van der Waals surface area contributed by atoms with E-state index in [0.717, 1.165) is 20.6 Å². The lowest BCUT2D eigenvalue weighted by molar-refractivity contribution is 0.535. The topological polar surface area (TPSA) is 37.0 Å². The van der Waals surface area contributed by atoms with E-state index in [4.69, 9.17) is 23.8 Å². The van der Waals surface area contributed by atoms with Crippen molar-refractivity contribution in [1.29, 1.82) is 0 Å². The third kappa shape index (κ3) is 6.17. The van der Waals surface area contributed by atoms with Crippen LogP contribution in [0.4, 0.5) is 5.69 Å². The zero-order chi connectivity index (χ0) is 17.5. The highest BCUT2D eigenvalue weighted by Gasteiger charge is 2.13. The van der Waals surface area contributed by atoms with Gasteiger partial charge in [-0.15, -0.1) is 0 Å². The van der Waals surface area contributed by atoms with Crippen LogP contribution in [0.5, 0.6) is 0 Å². The van der Waals surface area contributed by atoms with Crippen molar-refractivity contribution in [2.45, 2.75) is 54.5 Å². The molecule has 1 fully saturated rings. The number of aromatic nitrogens is 1. The molecule has 0 spiro atoms. The second-order valence-electron chi connectivity index (χ2n) is 6.23. The number of hydrogen-bond acceptors (Lipinski definition) is 3. The summed E-state index contributed by atoms with van der Waals surface area (Å²) in [6, 6.07) is 12.3. The van der Waals surface area contributed by atoms with E-state index in [9.17, 15) is 0 Å². The fourth-order valence-electron chi connectivity index (χ4n) is 2.91. The minimum atomic E-state index is 0.496. The number of thiocarbonyl (C=S) groups is 1. The number of benzene rings is 1. The normalized spacial score (nSPS) is 15.4. The highest BCUT2D eigenvalue weighted by Crippen LogP contribution is 2.27. The number of nitrogens with one attached hydrogen (secondary N) is 2. The maximum absolute atomic E-state index is 5.91. The van der Waals surface area contributed by atoms with Crippen molar-refractivity contribution in [1.82, 2.24) is 10.3 Å². The standard InChI is InChI=1S/C19H22ClN3S2/c20-14-7-10-17(11-8-14)25-18-12-9-16(13-21-18)23-19(24)22-15-5-3-1-2-4-6-15/h7-13,15H,1-6H2,(H2,22,23,24). The monoisotopic (exact) mass is 391 g/mol. The second kappa shape index (κ2) is 9.41. The molecule has 0 amide bonds. The van der Waals surface area contributed by atoms with Crippen LogP contribution in [0.15, 0.2) is 52.5 Å². The molecule has 132 valence electrons. The van der Waals surface area contributed by atoms with Crippen molar-refractivity contribution in [2.75, 3.05) is 5.32 Å². The van der Waals surface area contributed by atoms with Gasteiger partial charge in [-0.25, -0.2) is 4.98 Å². The van der Waals surface area contributed by atoms with Crippen LogP contribution in [0.25, 0.3) is 0 Å². The molecule has 0 radical (unpaired) electrons. The average Bonchev–Trinajstić information content (AvgIpc) is 2.87. The first kappa shape index (κ1) is 18.5. The van der Waals surface area contributed by atoms with Gasteiger partial charge in [-0.1, -0.05) is 49.0 Å². The Morgan fingerprint density at radius 1 is 1.04 bits per heavy atom. The molecule has 0 saturated heterocycles. The van der Waals surface area contributed by atoms with Gasteiger partial charge in [0.15, 0.2) is 5.11 Å². The molecule has 6 heteroatoms. The number of hydrogen-bond donors (Lipinski definition) is 2. The van der Waals surface area contributed by atoms with Crippen LogP contribution in [-0.2, 0) is 0 Å². The van der Waals surface area contributed by atoms with Gasteiger partial charge in [0.05, 0.1) is 11.9 Å². The van der Waals surface area contributed by atoms with E-state index < -0.39 is 0 Å². The molecule has 1 aromatic carbocycles. The van der Waals surface area contributed by atoms with Crippen molar-refractivity contribution < 1.29 is 0 Å². The molecule has 0 unspecified atom stereocenters. The lowest BCUT2D eigenvalue weighted by Crippen LogP contribution is -2.37. The number of pyridine rings is 1. The SMILES string of the molecule is S=C(Nc1ccc(Sc2ccc(Cl)cc2)nc1)NC1CCCCCC1. The summed E-state index contributed by atoms with van der Waals surface area (Å²) in [6.45, 7) is 0. The summed E-state index contributed by atoms with van der Waals surface area (Å²) in [7, 11) is 0. The molecule has 0 bridgehead atoms. The highest BCUT2D eigenvalue weighted by atomic mass is 35.5. The van der Waals surface area contributed by atoms with Crippen LogP contribution in [0.3, 0.4) is 0 Å². The average molecular weight is 392 g/mol. The van der Waals surface area contributed by atoms with E-state index in [0.29, 0.717) is 11.2 Å². The minimum Gasteiger partial charge on any atom is -0.360 e. The molecule has 1 heterocycles. The fraction of sp³-hybridized carbons (Fsp3) is 0.368. The molecule has 1 aliphatic carbocycles. The van der Waals surface area contributed by atoms with Gasteiger partial charge in [0.1, 0.15) is 5.03 Å². The number of anilines is 1. The zero-order valence-corrected chi connectivity index (χ0v) is 16.4. The lowest BCUT2D eigenvalue weighted by Gasteiger charge is -2.19. The summed E-state index contributed by atoms with van der Waals surface area (Å²) in [6.07, 6.45) is 9.49. The minimum absolute atomic E-state index is 0.496. The Hall–Kier alpha value is -1.30. The van der Waals surface area contributed by atoms with E-state index >= 15 is 0 Å². The Bertz CT molecular complexity index is 681. The Morgan fingerprint density at radius 3 is 2.40 bits per heavy atom. The summed E-state index contributed by atoms with van der Waals surface area (Å²) in [5.74, 6) is 0. The van der Waals surface area contributed by atoms with Crippen molar-refractivity contribution >= 4 is 46.4 Å². The predicted molar refractivity (Wildman–Crippen MR) is 111 cm³/mol. The van der Waals surface area contributed by atoms with Crippen molar-refractivity contribution in [3.63, 3.8) is 0 Å². The van der Waals surface area contributed by atoms with Gasteiger partial charge in [-0.3, -0.25) is 0 Å². The molecule has 1 aromatic heterocycles. The zero-order valence-electron chi connectivity index (χ0n) is 14.0. The Kier molecular flexibility index (Phi) is 6.96. The summed E-state index contributed by atoms with van der Waals surface area (Å²) < 4.78 is 0. The van der Waals surface area contributed by atoms with E-state index in [-0.39, 0.29) is 0 Å². The van der Waals surface area contributed by atoms with Gasteiger partial charge in [0.25, 0.3) is 0 Å². The number of halogens is 1. The van der Waals surface area contributed by atoms with E-state index in [1.807, 2.05) is 42.6 Å². The number of rotatable bonds is 4. The lowest BCUT2D eigenvalue weighted by atomic mass is 10.1. The van der Waals surface area contributed by atoms with Crippen LogP contribution < -0.4 is 10.6 Å². The summed E-state index contributed by atoms with van der Waals surface area (Å²) in [5.41, 5.74) is 0.909. The molecule has 2 N–H and O–H groups in total. The molecular formula is C19H22ClN3S2. The van der Waals surface area contributed by atoms with Gasteiger partial charge >= 0.3 is 0 Å². The Labute approximate surface area is 164 Å². The molecule has 1 saturated carbocycles. The molecule has 3 nitrogen and oxygen atoms in total. The Balaban J connectivity index is 1.51. The molecule has 0 atom stereocenters. The second-order valence-corrected chi connectivity index (χ2v) is 8.17. The van der Waals surface area contributed by atoms with Gasteiger partial charge in [0.2, 0.25) is 0 Å². The van der Waals surface area contributed by atoms with Gasteiger partial charge in [0, 0.05) is 16.0 Å². The smallest absolute Gasteiger partial charge is 0.171 e. The van der Waals surface area contributed by atoms with Crippen molar-refractivity contribution in [3.8, 4) is 0 Å². The van der Waals surface area contributed by atoms with Crippen molar-refractivity contribution in [3.05, 3.63) is 47.6 Å². The van der Waals surface area contributed by atoms with E-state index in [1.54, 1.807) is 11.8 Å². The third-order valence-electron chi connectivity index (χ3n) is 4.22. The maximum atomic E-state index is 5.91. The van der Waals surface area contributed by atoms with Crippen molar-refractivity contribution in [2.24, 2.45) is 0 Å². The van der Waals surface area contributed by atoms with Gasteiger partial charge in [-0.2, -0.15) is 0 Å². The number of nitrogens with zero attached hydrogens (tertiary/aromatic N) is 1. The molecular weight excluding hydrogens is 370 g/mol. The van der Waals surface area contributed by atoms with Gasteiger partial charge < -0.3 is 10.6 Å². The molecule has 3 rings (SSSR count). The summed E-state index contributed by atoms with van der Waals surface area (Å²) >= 11 is 13.0. The predicted octanol–water partition coefficient (Wildman–Crippen LogP) is 5.90. The fourth-order valence-corrected chi connectivity index (χ4v) is 4.08. The van der Waals surface area contributed by atoms with Crippen LogP contribution in [-0.4, -0.2) is 16.1 Å². The first-order valence-corrected chi connectivity index (χ1v) is 10.3. The van der Waals surface area contributed by atoms with Crippen LogP contribution in [0.1, 0.15) is 38.5 Å². The van der Waals surface area contributed by atoms with Crippen LogP contribution in [0, 0.1) is 0 Å². The molecule has 1 aliphatic rings. The first-order valence-electron chi connectivity index (χ1n) is 8.66. The molecule has 2 aromatic rings. The van der Waals surface area contributed by atoms with Crippen LogP contribution in [0.2, 0.25) is 5.02 Å². The largest absolute Gasteiger partial charge is 0.360 e. The quantitative estimate of drug-likeness (QED) is 0.501. The highest BCUT2D eigenvalue weighted by molar-refractivity contribution is 7.99. The summed E-state index contributed by atoms with van der Waals surface area (Å²) in [4.78, 5) is 5.61. The molecule has 0 aliphatic heterocycles. The molecule has 25 heavy (non-hydrogen) atoms. The summed E-state index contributed by atoms with van der Waals surface area (Å²) in [5, 5.41) is 9.05. The Morgan fingerprint density at radius 2 is 1.76 bits per heavy atom. The third-order valence-corrected chi connectivity index (χ3v) is 5.65. The first-order chi connectivity index (χ1) is 12.2.